The molecule has 3 heteroatoms. The van der Waals surface area contributed by atoms with Crippen LogP contribution in [-0.2, 0) is 0 Å². The van der Waals surface area contributed by atoms with Crippen LogP contribution in [-0.4, -0.2) is 0 Å². The van der Waals surface area contributed by atoms with Crippen LogP contribution in [0.1, 0.15) is 0 Å². The van der Waals surface area contributed by atoms with E-state index >= 15 is 0 Å². The number of hydrogen-bond donors (Lipinski definition) is 0. The predicted octanol–water partition coefficient (Wildman–Crippen LogP) is 14.6. The Kier molecular flexibility index (Phi) is 6.55. The number of hydrogen-bond acceptors (Lipinski definition) is 3. The molecule has 11 aromatic rings. The highest BCUT2D eigenvalue weighted by atomic mass is 16.4. The standard InChI is InChI=1S/C50H31NO2/c1-2-12-36-30-37(21-20-32(36)10-1)33-22-26-38(27-23-33)51(45-17-9-13-34-11-3-4-14-40(34)45)39-28-24-35(25-29-39)43-31-44-41-15-5-7-18-46(41)52-49(44)50-48(43)42-16-6-8-19-47(42)53-50/h1-31H. The van der Waals surface area contributed by atoms with Gasteiger partial charge in [0.1, 0.15) is 11.2 Å². The van der Waals surface area contributed by atoms with E-state index in [0.717, 1.165) is 72.1 Å². The Balaban J connectivity index is 1.07. The van der Waals surface area contributed by atoms with Gasteiger partial charge >= 0.3 is 0 Å². The van der Waals surface area contributed by atoms with E-state index in [1.165, 1.54) is 32.7 Å². The van der Waals surface area contributed by atoms with Crippen molar-refractivity contribution >= 4 is 82.5 Å². The number of rotatable bonds is 5. The van der Waals surface area contributed by atoms with E-state index in [2.05, 4.69) is 169 Å². The fourth-order valence-electron chi connectivity index (χ4n) is 8.09. The molecule has 3 nitrogen and oxygen atoms in total. The van der Waals surface area contributed by atoms with Gasteiger partial charge in [-0.25, -0.2) is 0 Å². The van der Waals surface area contributed by atoms with Crippen molar-refractivity contribution in [2.24, 2.45) is 0 Å². The van der Waals surface area contributed by atoms with Crippen LogP contribution >= 0.6 is 0 Å². The van der Waals surface area contributed by atoms with Crippen molar-refractivity contribution in [3.8, 4) is 22.3 Å². The lowest BCUT2D eigenvalue weighted by molar-refractivity contribution is 0.633. The van der Waals surface area contributed by atoms with E-state index in [1.54, 1.807) is 0 Å². The zero-order chi connectivity index (χ0) is 34.9. The Morgan fingerprint density at radius 2 is 0.906 bits per heavy atom. The van der Waals surface area contributed by atoms with E-state index < -0.39 is 0 Å². The number of nitrogens with zero attached hydrogens (tertiary/aromatic N) is 1. The molecule has 0 bridgehead atoms. The number of benzene rings is 9. The Bertz CT molecular complexity index is 3160. The summed E-state index contributed by atoms with van der Waals surface area (Å²) in [6, 6.07) is 67.0. The molecule has 0 radical (unpaired) electrons. The maximum Gasteiger partial charge on any atom is 0.179 e. The first-order valence-corrected chi connectivity index (χ1v) is 18.0. The van der Waals surface area contributed by atoms with Gasteiger partial charge in [-0.05, 0) is 93.0 Å². The molecule has 9 aromatic carbocycles. The molecule has 0 spiro atoms. The Hall–Kier alpha value is -7.10. The number of anilines is 3. The van der Waals surface area contributed by atoms with Crippen LogP contribution in [0.15, 0.2) is 197 Å². The quantitative estimate of drug-likeness (QED) is 0.182. The zero-order valence-corrected chi connectivity index (χ0v) is 28.7. The second-order valence-electron chi connectivity index (χ2n) is 13.7. The van der Waals surface area contributed by atoms with E-state index in [9.17, 15) is 0 Å². The van der Waals surface area contributed by atoms with Crippen molar-refractivity contribution in [1.82, 2.24) is 0 Å². The van der Waals surface area contributed by atoms with Crippen molar-refractivity contribution in [1.29, 1.82) is 0 Å². The molecule has 0 fully saturated rings. The van der Waals surface area contributed by atoms with E-state index in [0.29, 0.717) is 0 Å². The van der Waals surface area contributed by atoms with Gasteiger partial charge in [0.05, 0.1) is 5.69 Å². The monoisotopic (exact) mass is 677 g/mol. The number of para-hydroxylation sites is 2. The third kappa shape index (κ3) is 4.75. The summed E-state index contributed by atoms with van der Waals surface area (Å²) in [4.78, 5) is 2.37. The first-order chi connectivity index (χ1) is 26.3. The van der Waals surface area contributed by atoms with Crippen LogP contribution in [0.2, 0.25) is 0 Å². The second-order valence-corrected chi connectivity index (χ2v) is 13.7. The molecular weight excluding hydrogens is 647 g/mol. The Labute approximate surface area is 305 Å². The molecule has 2 aromatic heterocycles. The maximum absolute atomic E-state index is 6.54. The van der Waals surface area contributed by atoms with Gasteiger partial charge in [-0.3, -0.25) is 0 Å². The predicted molar refractivity (Wildman–Crippen MR) is 222 cm³/mol. The first kappa shape index (κ1) is 29.6. The molecule has 0 aliphatic rings. The lowest BCUT2D eigenvalue weighted by Crippen LogP contribution is -2.10. The molecule has 0 amide bonds. The van der Waals surface area contributed by atoms with Crippen LogP contribution in [0, 0.1) is 0 Å². The van der Waals surface area contributed by atoms with Gasteiger partial charge in [-0.2, -0.15) is 0 Å². The van der Waals surface area contributed by atoms with Gasteiger partial charge in [0, 0.05) is 38.3 Å². The highest BCUT2D eigenvalue weighted by Crippen LogP contribution is 2.45. The van der Waals surface area contributed by atoms with Gasteiger partial charge in [0.15, 0.2) is 11.2 Å². The third-order valence-corrected chi connectivity index (χ3v) is 10.6. The van der Waals surface area contributed by atoms with Gasteiger partial charge in [-0.15, -0.1) is 0 Å². The molecule has 11 rings (SSSR count). The summed E-state index contributed by atoms with van der Waals surface area (Å²) in [6.07, 6.45) is 0. The minimum absolute atomic E-state index is 0.780. The smallest absolute Gasteiger partial charge is 0.179 e. The minimum atomic E-state index is 0.780. The van der Waals surface area contributed by atoms with Gasteiger partial charge < -0.3 is 13.7 Å². The summed E-state index contributed by atoms with van der Waals surface area (Å²) in [7, 11) is 0. The van der Waals surface area contributed by atoms with Crippen LogP contribution in [0.3, 0.4) is 0 Å². The molecule has 2 heterocycles. The molecule has 0 N–H and O–H groups in total. The normalized spacial score (nSPS) is 11.8. The molecule has 248 valence electrons. The van der Waals surface area contributed by atoms with Gasteiger partial charge in [0.2, 0.25) is 0 Å². The minimum Gasteiger partial charge on any atom is -0.452 e. The molecule has 53 heavy (non-hydrogen) atoms. The van der Waals surface area contributed by atoms with Crippen LogP contribution < -0.4 is 4.90 Å². The van der Waals surface area contributed by atoms with Crippen LogP contribution in [0.4, 0.5) is 17.1 Å². The highest BCUT2D eigenvalue weighted by Gasteiger charge is 2.21. The van der Waals surface area contributed by atoms with Crippen molar-refractivity contribution < 1.29 is 8.83 Å². The van der Waals surface area contributed by atoms with E-state index in [4.69, 9.17) is 8.83 Å². The molecule has 0 atom stereocenters. The molecular formula is C50H31NO2. The van der Waals surface area contributed by atoms with Crippen molar-refractivity contribution in [3.05, 3.63) is 188 Å². The van der Waals surface area contributed by atoms with Crippen LogP contribution in [0.25, 0.3) is 87.7 Å². The zero-order valence-electron chi connectivity index (χ0n) is 28.7. The Morgan fingerprint density at radius 3 is 1.68 bits per heavy atom. The number of fused-ring (bicyclic) bond motifs is 9. The van der Waals surface area contributed by atoms with Crippen molar-refractivity contribution in [3.63, 3.8) is 0 Å². The average molecular weight is 678 g/mol. The molecule has 0 aliphatic carbocycles. The fraction of sp³-hybridized carbons (Fsp3) is 0. The highest BCUT2D eigenvalue weighted by molar-refractivity contribution is 6.24. The van der Waals surface area contributed by atoms with Crippen molar-refractivity contribution in [2.45, 2.75) is 0 Å². The number of furan rings is 2. The lowest BCUT2D eigenvalue weighted by Gasteiger charge is -2.27. The topological polar surface area (TPSA) is 29.5 Å². The summed E-state index contributed by atoms with van der Waals surface area (Å²) >= 11 is 0. The van der Waals surface area contributed by atoms with Gasteiger partial charge in [-0.1, -0.05) is 133 Å². The summed E-state index contributed by atoms with van der Waals surface area (Å²) in [5.41, 5.74) is 11.2. The van der Waals surface area contributed by atoms with Crippen LogP contribution in [0.5, 0.6) is 0 Å². The molecule has 0 saturated heterocycles. The lowest BCUT2D eigenvalue weighted by atomic mass is 9.96. The Morgan fingerprint density at radius 1 is 0.340 bits per heavy atom. The molecule has 0 saturated carbocycles. The van der Waals surface area contributed by atoms with E-state index in [-0.39, 0.29) is 0 Å². The molecule has 0 aliphatic heterocycles. The summed E-state index contributed by atoms with van der Waals surface area (Å²) in [6.45, 7) is 0. The second kappa shape index (κ2) is 11.7. The summed E-state index contributed by atoms with van der Waals surface area (Å²) < 4.78 is 13.0. The SMILES string of the molecule is c1ccc2cc(-c3ccc(N(c4ccc(-c5cc6c7ccccc7oc6c6oc7ccccc7c56)cc4)c4cccc5ccccc45)cc3)ccc2c1. The summed E-state index contributed by atoms with van der Waals surface area (Å²) in [5.74, 6) is 0. The molecule has 0 unspecified atom stereocenters. The third-order valence-electron chi connectivity index (χ3n) is 10.6. The maximum atomic E-state index is 6.54. The summed E-state index contributed by atoms with van der Waals surface area (Å²) in [5, 5.41) is 9.16. The van der Waals surface area contributed by atoms with Gasteiger partial charge in [0.25, 0.3) is 0 Å². The first-order valence-electron chi connectivity index (χ1n) is 18.0. The van der Waals surface area contributed by atoms with E-state index in [1.807, 2.05) is 24.3 Å². The largest absolute Gasteiger partial charge is 0.452 e. The average Bonchev–Trinajstić information content (AvgIpc) is 3.80. The van der Waals surface area contributed by atoms with Crippen molar-refractivity contribution in [2.75, 3.05) is 4.90 Å². The fourth-order valence-corrected chi connectivity index (χ4v) is 8.09.